The molecule has 0 heterocycles. The zero-order valence-electron chi connectivity index (χ0n) is 17.2. The van der Waals surface area contributed by atoms with Crippen molar-refractivity contribution >= 4 is 10.2 Å². The summed E-state index contributed by atoms with van der Waals surface area (Å²) in [5.41, 5.74) is 1.50. The van der Waals surface area contributed by atoms with E-state index >= 15 is 0 Å². The van der Waals surface area contributed by atoms with Crippen LogP contribution in [0.25, 0.3) is 0 Å². The first-order chi connectivity index (χ1) is 13.8. The number of benzene rings is 2. The minimum Gasteiger partial charge on any atom is -0.497 e. The van der Waals surface area contributed by atoms with E-state index in [1.54, 1.807) is 38.4 Å². The molecule has 0 unspecified atom stereocenters. The maximum Gasteiger partial charge on any atom is 0.282 e. The van der Waals surface area contributed by atoms with E-state index in [4.69, 9.17) is 4.74 Å². The second-order valence-corrected chi connectivity index (χ2v) is 9.66. The molecule has 2 aromatic carbocycles. The number of ether oxygens (including phenoxy) is 1. The van der Waals surface area contributed by atoms with Crippen LogP contribution >= 0.6 is 0 Å². The fourth-order valence-corrected chi connectivity index (χ4v) is 5.04. The van der Waals surface area contributed by atoms with Crippen molar-refractivity contribution in [3.05, 3.63) is 65.7 Å². The highest BCUT2D eigenvalue weighted by molar-refractivity contribution is 7.86. The largest absolute Gasteiger partial charge is 0.497 e. The lowest BCUT2D eigenvalue weighted by Crippen LogP contribution is -2.47. The molecule has 0 aromatic heterocycles. The van der Waals surface area contributed by atoms with Crippen molar-refractivity contribution in [2.75, 3.05) is 20.7 Å². The van der Waals surface area contributed by atoms with Crippen molar-refractivity contribution < 1.29 is 18.3 Å². The Morgan fingerprint density at radius 1 is 1.14 bits per heavy atom. The van der Waals surface area contributed by atoms with Crippen LogP contribution in [-0.4, -0.2) is 48.9 Å². The zero-order valence-corrected chi connectivity index (χ0v) is 18.0. The van der Waals surface area contributed by atoms with Crippen LogP contribution in [0.15, 0.2) is 54.6 Å². The van der Waals surface area contributed by atoms with Gasteiger partial charge in [0.1, 0.15) is 5.75 Å². The monoisotopic (exact) mass is 418 g/mol. The fourth-order valence-electron chi connectivity index (χ4n) is 3.44. The van der Waals surface area contributed by atoms with Crippen LogP contribution in [-0.2, 0) is 16.8 Å². The summed E-state index contributed by atoms with van der Waals surface area (Å²) in [5, 5.41) is 10.8. The topological polar surface area (TPSA) is 70.1 Å². The van der Waals surface area contributed by atoms with Gasteiger partial charge < -0.3 is 9.84 Å². The van der Waals surface area contributed by atoms with Crippen LogP contribution in [0.4, 0.5) is 0 Å². The predicted molar refractivity (Wildman–Crippen MR) is 114 cm³/mol. The number of methoxy groups -OCH3 is 1. The van der Waals surface area contributed by atoms with Crippen molar-refractivity contribution in [3.8, 4) is 5.75 Å². The second kappa shape index (κ2) is 9.26. The van der Waals surface area contributed by atoms with E-state index in [0.29, 0.717) is 17.2 Å². The summed E-state index contributed by atoms with van der Waals surface area (Å²) in [4.78, 5) is 0. The normalized spacial score (nSPS) is 16.8. The minimum absolute atomic E-state index is 0.0356. The molecule has 0 radical (unpaired) electrons. The Kier molecular flexibility index (Phi) is 6.95. The molecular formula is C22H30N2O4S. The molecule has 0 bridgehead atoms. The van der Waals surface area contributed by atoms with Crippen LogP contribution in [0.5, 0.6) is 5.75 Å². The van der Waals surface area contributed by atoms with Crippen LogP contribution < -0.4 is 4.74 Å². The van der Waals surface area contributed by atoms with E-state index < -0.39 is 16.3 Å². The van der Waals surface area contributed by atoms with Gasteiger partial charge in [-0.1, -0.05) is 42.5 Å². The second-order valence-electron chi connectivity index (χ2n) is 7.67. The summed E-state index contributed by atoms with van der Waals surface area (Å²) in [7, 11) is -0.552. The Morgan fingerprint density at radius 3 is 2.45 bits per heavy atom. The summed E-state index contributed by atoms with van der Waals surface area (Å²) in [5.74, 6) is 1.04. The molecule has 0 aliphatic heterocycles. The molecule has 1 N–H and O–H groups in total. The molecule has 158 valence electrons. The van der Waals surface area contributed by atoms with E-state index in [1.807, 2.05) is 37.3 Å². The number of rotatable bonds is 10. The molecule has 7 heteroatoms. The van der Waals surface area contributed by atoms with Crippen LogP contribution in [0.1, 0.15) is 37.0 Å². The minimum atomic E-state index is -3.75. The summed E-state index contributed by atoms with van der Waals surface area (Å²) in [6.07, 6.45) is 1.16. The maximum absolute atomic E-state index is 13.4. The highest BCUT2D eigenvalue weighted by Gasteiger charge is 2.38. The third-order valence-corrected chi connectivity index (χ3v) is 7.62. The SMILES string of the molecule is COc1cccc([C@H](O)CN(Cc2ccccc2)S(=O)(=O)N(C)[C@H](C)C2CC2)c1. The van der Waals surface area contributed by atoms with Gasteiger partial charge in [0.2, 0.25) is 0 Å². The summed E-state index contributed by atoms with van der Waals surface area (Å²) in [6, 6.07) is 16.5. The molecule has 0 amide bonds. The average molecular weight is 419 g/mol. The summed E-state index contributed by atoms with van der Waals surface area (Å²) in [6.45, 7) is 2.12. The van der Waals surface area contributed by atoms with Gasteiger partial charge in [-0.15, -0.1) is 0 Å². The first-order valence-corrected chi connectivity index (χ1v) is 11.3. The Morgan fingerprint density at radius 2 is 1.83 bits per heavy atom. The third-order valence-electron chi connectivity index (χ3n) is 5.62. The molecule has 0 saturated heterocycles. The van der Waals surface area contributed by atoms with Gasteiger partial charge in [0.15, 0.2) is 0 Å². The van der Waals surface area contributed by atoms with Crippen LogP contribution in [0.3, 0.4) is 0 Å². The van der Waals surface area contributed by atoms with Crippen LogP contribution in [0.2, 0.25) is 0 Å². The Balaban J connectivity index is 1.85. The summed E-state index contributed by atoms with van der Waals surface area (Å²) >= 11 is 0. The molecule has 1 aliphatic carbocycles. The van der Waals surface area contributed by atoms with Gasteiger partial charge in [-0.3, -0.25) is 0 Å². The van der Waals surface area contributed by atoms with Gasteiger partial charge in [0.25, 0.3) is 10.2 Å². The molecule has 1 aliphatic rings. The molecule has 0 spiro atoms. The van der Waals surface area contributed by atoms with Gasteiger partial charge in [0, 0.05) is 26.2 Å². The molecule has 1 saturated carbocycles. The Bertz CT molecular complexity index is 900. The quantitative estimate of drug-likeness (QED) is 0.643. The summed E-state index contributed by atoms with van der Waals surface area (Å²) < 4.78 is 34.9. The molecule has 6 nitrogen and oxygen atoms in total. The van der Waals surface area contributed by atoms with Crippen molar-refractivity contribution in [1.82, 2.24) is 8.61 Å². The van der Waals surface area contributed by atoms with E-state index in [-0.39, 0.29) is 19.1 Å². The first-order valence-electron chi connectivity index (χ1n) is 9.92. The van der Waals surface area contributed by atoms with E-state index in [1.165, 1.54) is 8.61 Å². The first kappa shape index (κ1) is 21.8. The molecule has 1 fully saturated rings. The zero-order chi connectivity index (χ0) is 21.0. The van der Waals surface area contributed by atoms with Gasteiger partial charge >= 0.3 is 0 Å². The predicted octanol–water partition coefficient (Wildman–Crippen LogP) is 3.21. The standard InChI is InChI=1S/C22H30N2O4S/c1-17(19-12-13-19)23(2)29(26,27)24(15-18-8-5-4-6-9-18)16-22(25)20-10-7-11-21(14-20)28-3/h4-11,14,17,19,22,25H,12-13,15-16H2,1-3H3/t17-,22-/m1/s1. The van der Waals surface area contributed by atoms with Gasteiger partial charge in [0.05, 0.1) is 13.2 Å². The number of aliphatic hydroxyl groups is 1. The Hall–Kier alpha value is -1.93. The fraction of sp³-hybridized carbons (Fsp3) is 0.455. The van der Waals surface area contributed by atoms with Crippen molar-refractivity contribution in [2.24, 2.45) is 5.92 Å². The van der Waals surface area contributed by atoms with Crippen LogP contribution in [0, 0.1) is 5.92 Å². The lowest BCUT2D eigenvalue weighted by molar-refractivity contribution is 0.141. The lowest BCUT2D eigenvalue weighted by Gasteiger charge is -2.32. The number of aliphatic hydroxyl groups excluding tert-OH is 1. The van der Waals surface area contributed by atoms with E-state index in [9.17, 15) is 13.5 Å². The molecule has 2 aromatic rings. The van der Waals surface area contributed by atoms with Gasteiger partial charge in [-0.25, -0.2) is 0 Å². The van der Waals surface area contributed by atoms with Gasteiger partial charge in [-0.2, -0.15) is 17.0 Å². The number of hydrogen-bond donors (Lipinski definition) is 1. The Labute approximate surface area is 173 Å². The van der Waals surface area contributed by atoms with Gasteiger partial charge in [-0.05, 0) is 48.9 Å². The molecule has 29 heavy (non-hydrogen) atoms. The number of nitrogens with zero attached hydrogens (tertiary/aromatic N) is 2. The molecular weight excluding hydrogens is 388 g/mol. The molecule has 2 atom stereocenters. The van der Waals surface area contributed by atoms with Crippen molar-refractivity contribution in [2.45, 2.75) is 38.5 Å². The van der Waals surface area contributed by atoms with Crippen molar-refractivity contribution in [3.63, 3.8) is 0 Å². The molecule has 3 rings (SSSR count). The van der Waals surface area contributed by atoms with E-state index in [2.05, 4.69) is 0 Å². The smallest absolute Gasteiger partial charge is 0.282 e. The third kappa shape index (κ3) is 5.36. The highest BCUT2D eigenvalue weighted by Crippen LogP contribution is 2.36. The average Bonchev–Trinajstić information content (AvgIpc) is 3.58. The van der Waals surface area contributed by atoms with Crippen molar-refractivity contribution in [1.29, 1.82) is 0 Å². The highest BCUT2D eigenvalue weighted by atomic mass is 32.2. The lowest BCUT2D eigenvalue weighted by atomic mass is 10.1. The van der Waals surface area contributed by atoms with E-state index in [0.717, 1.165) is 18.4 Å². The number of hydrogen-bond acceptors (Lipinski definition) is 4. The maximum atomic E-state index is 13.4.